The molecular weight excluding hydrogens is 346 g/mol. The second-order valence-electron chi connectivity index (χ2n) is 7.63. The SMILES string of the molecule is CCCCCSc1[nH+]c(N2CCOCC2)c2c(c1C#N)CC(C)(C)OC2. The number of hydrogen-bond acceptors (Lipinski definition) is 5. The van der Waals surface area contributed by atoms with Crippen molar-refractivity contribution < 1.29 is 14.5 Å². The van der Waals surface area contributed by atoms with Crippen molar-refractivity contribution in [3.05, 3.63) is 16.7 Å². The Balaban J connectivity index is 1.99. The minimum atomic E-state index is -0.230. The number of unbranched alkanes of at least 4 members (excludes halogenated alkanes) is 2. The Morgan fingerprint density at radius 2 is 2.00 bits per heavy atom. The van der Waals surface area contributed by atoms with Gasteiger partial charge in [0.15, 0.2) is 5.03 Å². The molecule has 0 amide bonds. The monoisotopic (exact) mass is 376 g/mol. The summed E-state index contributed by atoms with van der Waals surface area (Å²) in [7, 11) is 0. The van der Waals surface area contributed by atoms with E-state index in [1.807, 2.05) is 0 Å². The lowest BCUT2D eigenvalue weighted by molar-refractivity contribution is -0.415. The highest BCUT2D eigenvalue weighted by Crippen LogP contribution is 2.36. The van der Waals surface area contributed by atoms with Crippen molar-refractivity contribution >= 4 is 17.6 Å². The molecule has 3 rings (SSSR count). The van der Waals surface area contributed by atoms with Gasteiger partial charge in [-0.25, -0.2) is 4.98 Å². The summed E-state index contributed by atoms with van der Waals surface area (Å²) in [4.78, 5) is 5.95. The molecule has 5 nitrogen and oxygen atoms in total. The van der Waals surface area contributed by atoms with Crippen LogP contribution in [-0.4, -0.2) is 37.7 Å². The molecule has 0 atom stereocenters. The first kappa shape index (κ1) is 19.5. The lowest BCUT2D eigenvalue weighted by atomic mass is 9.89. The highest BCUT2D eigenvalue weighted by atomic mass is 32.2. The molecule has 1 N–H and O–H groups in total. The number of nitriles is 1. The lowest BCUT2D eigenvalue weighted by Gasteiger charge is -2.34. The van der Waals surface area contributed by atoms with Gasteiger partial charge in [-0.3, -0.25) is 4.90 Å². The summed E-state index contributed by atoms with van der Waals surface area (Å²) < 4.78 is 11.6. The van der Waals surface area contributed by atoms with Crippen LogP contribution in [0.15, 0.2) is 5.03 Å². The molecule has 0 spiro atoms. The molecule has 2 aliphatic rings. The maximum atomic E-state index is 9.89. The maximum absolute atomic E-state index is 9.89. The molecule has 1 aromatic heterocycles. The third-order valence-corrected chi connectivity index (χ3v) is 6.14. The van der Waals surface area contributed by atoms with Crippen LogP contribution in [0.3, 0.4) is 0 Å². The number of anilines is 1. The largest absolute Gasteiger partial charge is 0.373 e. The lowest BCUT2D eigenvalue weighted by Crippen LogP contribution is -2.43. The second-order valence-corrected chi connectivity index (χ2v) is 8.73. The predicted molar refractivity (Wildman–Crippen MR) is 104 cm³/mol. The number of hydrogen-bond donors (Lipinski definition) is 0. The molecule has 0 aromatic carbocycles. The van der Waals surface area contributed by atoms with E-state index in [1.165, 1.54) is 24.8 Å². The Morgan fingerprint density at radius 1 is 1.23 bits per heavy atom. The molecule has 142 valence electrons. The van der Waals surface area contributed by atoms with Crippen molar-refractivity contribution in [1.29, 1.82) is 5.26 Å². The van der Waals surface area contributed by atoms with E-state index in [4.69, 9.17) is 9.47 Å². The smallest absolute Gasteiger partial charge is 0.281 e. The van der Waals surface area contributed by atoms with E-state index in [-0.39, 0.29) is 5.60 Å². The van der Waals surface area contributed by atoms with E-state index in [9.17, 15) is 5.26 Å². The molecule has 0 aliphatic carbocycles. The van der Waals surface area contributed by atoms with Crippen LogP contribution in [0.2, 0.25) is 0 Å². The van der Waals surface area contributed by atoms with Crippen LogP contribution < -0.4 is 9.88 Å². The van der Waals surface area contributed by atoms with Crippen LogP contribution in [0.1, 0.15) is 56.7 Å². The number of fused-ring (bicyclic) bond motifs is 1. The van der Waals surface area contributed by atoms with E-state index in [0.717, 1.165) is 60.4 Å². The zero-order chi connectivity index (χ0) is 18.6. The number of nitrogens with one attached hydrogen (secondary N) is 1. The molecule has 1 saturated heterocycles. The van der Waals surface area contributed by atoms with Crippen molar-refractivity contribution in [2.75, 3.05) is 37.0 Å². The highest BCUT2D eigenvalue weighted by Gasteiger charge is 2.36. The third kappa shape index (κ3) is 4.33. The standard InChI is InChI=1S/C20H29N3O2S/c1-4-5-6-11-26-19-16(13-21)15-12-20(2,3)25-14-17(15)18(22-19)23-7-9-24-10-8-23/h4-12,14H2,1-3H3/p+1. The van der Waals surface area contributed by atoms with Crippen LogP contribution in [0, 0.1) is 11.3 Å². The summed E-state index contributed by atoms with van der Waals surface area (Å²) in [6.45, 7) is 10.2. The number of H-pyrrole nitrogens is 1. The predicted octanol–water partition coefficient (Wildman–Crippen LogP) is 3.34. The van der Waals surface area contributed by atoms with Crippen LogP contribution in [-0.2, 0) is 22.5 Å². The Morgan fingerprint density at radius 3 is 2.69 bits per heavy atom. The Bertz CT molecular complexity index is 679. The Labute approximate surface area is 161 Å². The molecule has 0 bridgehead atoms. The quantitative estimate of drug-likeness (QED) is 0.563. The number of aromatic nitrogens is 1. The number of rotatable bonds is 6. The summed E-state index contributed by atoms with van der Waals surface area (Å²) in [6, 6.07) is 2.48. The summed E-state index contributed by atoms with van der Waals surface area (Å²) in [5.74, 6) is 2.16. The van der Waals surface area contributed by atoms with Crippen molar-refractivity contribution in [2.45, 2.75) is 63.7 Å². The van der Waals surface area contributed by atoms with Gasteiger partial charge in [-0.2, -0.15) is 5.26 Å². The number of ether oxygens (including phenoxy) is 2. The van der Waals surface area contributed by atoms with Gasteiger partial charge >= 0.3 is 0 Å². The van der Waals surface area contributed by atoms with Crippen molar-refractivity contribution in [3.8, 4) is 6.07 Å². The van der Waals surface area contributed by atoms with E-state index < -0.39 is 0 Å². The Kier molecular flexibility index (Phi) is 6.44. The van der Waals surface area contributed by atoms with Gasteiger partial charge in [-0.15, -0.1) is 0 Å². The number of morpholine rings is 1. The summed E-state index contributed by atoms with van der Waals surface area (Å²) in [6.07, 6.45) is 4.40. The van der Waals surface area contributed by atoms with E-state index >= 15 is 0 Å². The maximum Gasteiger partial charge on any atom is 0.281 e. The molecule has 1 fully saturated rings. The van der Waals surface area contributed by atoms with Crippen LogP contribution in [0.5, 0.6) is 0 Å². The van der Waals surface area contributed by atoms with Crippen molar-refractivity contribution in [2.24, 2.45) is 0 Å². The van der Waals surface area contributed by atoms with E-state index in [1.54, 1.807) is 11.8 Å². The first-order chi connectivity index (χ1) is 12.6. The molecular formula is C20H30N3O2S+. The van der Waals surface area contributed by atoms with Gasteiger partial charge in [0, 0.05) is 12.2 Å². The normalized spacial score (nSPS) is 19.1. The van der Waals surface area contributed by atoms with Gasteiger partial charge in [-0.1, -0.05) is 31.5 Å². The van der Waals surface area contributed by atoms with E-state index in [2.05, 4.69) is 36.7 Å². The number of thioether (sulfide) groups is 1. The fourth-order valence-electron chi connectivity index (χ4n) is 3.58. The molecule has 0 saturated carbocycles. The van der Waals surface area contributed by atoms with Crippen molar-refractivity contribution in [3.63, 3.8) is 0 Å². The van der Waals surface area contributed by atoms with Gasteiger partial charge < -0.3 is 9.47 Å². The van der Waals surface area contributed by atoms with Gasteiger partial charge in [0.2, 0.25) is 0 Å². The molecule has 0 unspecified atom stereocenters. The van der Waals surface area contributed by atoms with Crippen LogP contribution in [0.4, 0.5) is 5.82 Å². The molecule has 2 aliphatic heterocycles. The molecule has 6 heteroatoms. The number of aromatic amines is 1. The molecule has 0 radical (unpaired) electrons. The van der Waals surface area contributed by atoms with Gasteiger partial charge in [-0.05, 0) is 25.8 Å². The number of pyridine rings is 1. The minimum Gasteiger partial charge on any atom is -0.373 e. The van der Waals surface area contributed by atoms with Crippen molar-refractivity contribution in [1.82, 2.24) is 0 Å². The van der Waals surface area contributed by atoms with Crippen LogP contribution in [0.25, 0.3) is 0 Å². The topological polar surface area (TPSA) is 59.6 Å². The average molecular weight is 377 g/mol. The molecule has 26 heavy (non-hydrogen) atoms. The van der Waals surface area contributed by atoms with Gasteiger partial charge in [0.05, 0.1) is 31.0 Å². The Hall–Kier alpha value is -1.29. The fraction of sp³-hybridized carbons (Fsp3) is 0.700. The van der Waals surface area contributed by atoms with E-state index in [0.29, 0.717) is 6.61 Å². The second kappa shape index (κ2) is 8.60. The first-order valence-electron chi connectivity index (χ1n) is 9.66. The minimum absolute atomic E-state index is 0.230. The van der Waals surface area contributed by atoms with Crippen LogP contribution >= 0.6 is 11.8 Å². The molecule has 3 heterocycles. The zero-order valence-electron chi connectivity index (χ0n) is 16.2. The van der Waals surface area contributed by atoms with Gasteiger partial charge in [0.1, 0.15) is 24.7 Å². The summed E-state index contributed by atoms with van der Waals surface area (Å²) in [5, 5.41) is 10.9. The highest BCUT2D eigenvalue weighted by molar-refractivity contribution is 7.99. The molecule has 1 aromatic rings. The zero-order valence-corrected chi connectivity index (χ0v) is 17.0. The third-order valence-electron chi connectivity index (χ3n) is 5.05. The fourth-order valence-corrected chi connectivity index (χ4v) is 4.62. The average Bonchev–Trinajstić information content (AvgIpc) is 2.64. The summed E-state index contributed by atoms with van der Waals surface area (Å²) in [5.41, 5.74) is 2.91. The van der Waals surface area contributed by atoms with Gasteiger partial charge in [0.25, 0.3) is 5.82 Å². The first-order valence-corrected chi connectivity index (χ1v) is 10.6. The number of nitrogens with zero attached hydrogens (tertiary/aromatic N) is 2. The summed E-state index contributed by atoms with van der Waals surface area (Å²) >= 11 is 1.79.